The van der Waals surface area contributed by atoms with E-state index in [1.54, 1.807) is 16.4 Å². The lowest BCUT2D eigenvalue weighted by Crippen LogP contribution is -2.39. The summed E-state index contributed by atoms with van der Waals surface area (Å²) in [6, 6.07) is 21.2. The van der Waals surface area contributed by atoms with E-state index in [9.17, 15) is 9.00 Å². The number of benzene rings is 3. The van der Waals surface area contributed by atoms with Gasteiger partial charge in [-0.15, -0.1) is 0 Å². The van der Waals surface area contributed by atoms with Crippen LogP contribution in [0.4, 0.5) is 5.69 Å². The molecule has 6 heteroatoms. The van der Waals surface area contributed by atoms with Crippen molar-refractivity contribution in [3.8, 4) is 0 Å². The first kappa shape index (κ1) is 23.0. The largest absolute Gasteiger partial charge is 0.354 e. The van der Waals surface area contributed by atoms with Crippen molar-refractivity contribution < 1.29 is 9.00 Å². The van der Waals surface area contributed by atoms with Crippen LogP contribution in [0.2, 0.25) is 5.02 Å². The first-order valence-corrected chi connectivity index (χ1v) is 11.7. The third-order valence-electron chi connectivity index (χ3n) is 5.07. The van der Waals surface area contributed by atoms with Crippen LogP contribution in [0, 0.1) is 20.8 Å². The van der Waals surface area contributed by atoms with E-state index in [1.165, 1.54) is 5.56 Å². The number of aryl methyl sites for hydroxylation is 2. The van der Waals surface area contributed by atoms with Crippen LogP contribution in [-0.2, 0) is 22.2 Å². The van der Waals surface area contributed by atoms with Gasteiger partial charge in [-0.25, -0.2) is 4.21 Å². The Bertz CT molecular complexity index is 1070. The number of rotatable bonds is 8. The molecule has 1 unspecified atom stereocenters. The van der Waals surface area contributed by atoms with E-state index < -0.39 is 11.0 Å². The van der Waals surface area contributed by atoms with Crippen molar-refractivity contribution in [1.29, 1.82) is 0 Å². The lowest BCUT2D eigenvalue weighted by atomic mass is 10.1. The Balaban J connectivity index is 1.75. The molecular formula is C25H27ClN2O2S. The molecule has 0 heterocycles. The summed E-state index contributed by atoms with van der Waals surface area (Å²) < 4.78 is 15.0. The minimum atomic E-state index is -1.55. The summed E-state index contributed by atoms with van der Waals surface area (Å²) in [5.74, 6) is -0.188. The zero-order chi connectivity index (χ0) is 22.4. The van der Waals surface area contributed by atoms with Crippen molar-refractivity contribution in [3.05, 3.63) is 94.0 Å². The number of anilines is 1. The lowest BCUT2D eigenvalue weighted by molar-refractivity contribution is -0.119. The highest BCUT2D eigenvalue weighted by Crippen LogP contribution is 2.29. The van der Waals surface area contributed by atoms with Crippen LogP contribution in [0.1, 0.15) is 22.3 Å². The van der Waals surface area contributed by atoms with Crippen molar-refractivity contribution in [2.24, 2.45) is 0 Å². The molecule has 162 valence electrons. The van der Waals surface area contributed by atoms with Crippen molar-refractivity contribution in [2.75, 3.05) is 17.4 Å². The van der Waals surface area contributed by atoms with E-state index in [1.807, 2.05) is 51.1 Å². The third kappa shape index (κ3) is 6.18. The van der Waals surface area contributed by atoms with Crippen LogP contribution in [0.5, 0.6) is 0 Å². The molecule has 0 spiro atoms. The van der Waals surface area contributed by atoms with Gasteiger partial charge in [-0.1, -0.05) is 65.2 Å². The number of carbonyl (C=O) groups excluding carboxylic acids is 1. The molecule has 3 aromatic carbocycles. The van der Waals surface area contributed by atoms with Crippen LogP contribution in [0.3, 0.4) is 0 Å². The van der Waals surface area contributed by atoms with Gasteiger partial charge in [-0.3, -0.25) is 9.10 Å². The van der Waals surface area contributed by atoms with Crippen LogP contribution >= 0.6 is 11.6 Å². The van der Waals surface area contributed by atoms with E-state index in [0.29, 0.717) is 22.2 Å². The molecule has 0 saturated heterocycles. The summed E-state index contributed by atoms with van der Waals surface area (Å²) in [5.41, 5.74) is 4.92. The Labute approximate surface area is 191 Å². The Morgan fingerprint density at radius 2 is 1.55 bits per heavy atom. The summed E-state index contributed by atoms with van der Waals surface area (Å²) in [5, 5.41) is 3.52. The molecule has 0 aliphatic heterocycles. The summed E-state index contributed by atoms with van der Waals surface area (Å²) in [4.78, 5) is 13.4. The molecule has 1 atom stereocenters. The van der Waals surface area contributed by atoms with Crippen molar-refractivity contribution >= 4 is 34.2 Å². The van der Waals surface area contributed by atoms with Gasteiger partial charge < -0.3 is 5.32 Å². The van der Waals surface area contributed by atoms with Gasteiger partial charge in [0.25, 0.3) is 0 Å². The smallest absolute Gasteiger partial charge is 0.240 e. The monoisotopic (exact) mass is 454 g/mol. The van der Waals surface area contributed by atoms with E-state index >= 15 is 0 Å². The SMILES string of the molecule is Cc1ccc(CCNC(=O)CN(c2cccc(Cl)c2C)S(=O)c2ccc(C)cc2)cc1. The van der Waals surface area contributed by atoms with E-state index in [-0.39, 0.29) is 12.5 Å². The van der Waals surface area contributed by atoms with E-state index in [4.69, 9.17) is 11.6 Å². The number of amides is 1. The highest BCUT2D eigenvalue weighted by Gasteiger charge is 2.22. The Kier molecular flexibility index (Phi) is 7.88. The standard InChI is InChI=1S/C25H27ClN2O2S/c1-18-7-11-21(12-8-18)15-16-27-25(29)17-28(24-6-4-5-23(26)20(24)3)31(30)22-13-9-19(2)10-14-22/h4-14H,15-17H2,1-3H3,(H,27,29). The molecule has 0 aliphatic carbocycles. The highest BCUT2D eigenvalue weighted by molar-refractivity contribution is 7.86. The number of halogens is 1. The first-order chi connectivity index (χ1) is 14.8. The highest BCUT2D eigenvalue weighted by atomic mass is 35.5. The van der Waals surface area contributed by atoms with Gasteiger partial charge in [-0.2, -0.15) is 0 Å². The van der Waals surface area contributed by atoms with E-state index in [0.717, 1.165) is 23.1 Å². The lowest BCUT2D eigenvalue weighted by Gasteiger charge is -2.25. The second kappa shape index (κ2) is 10.6. The minimum absolute atomic E-state index is 0.0322. The molecule has 1 amide bonds. The molecule has 0 aliphatic rings. The number of hydrogen-bond donors (Lipinski definition) is 1. The molecule has 4 nitrogen and oxygen atoms in total. The zero-order valence-electron chi connectivity index (χ0n) is 18.0. The molecule has 0 fully saturated rings. The fourth-order valence-electron chi connectivity index (χ4n) is 3.17. The summed E-state index contributed by atoms with van der Waals surface area (Å²) in [6.45, 7) is 6.38. The third-order valence-corrected chi connectivity index (χ3v) is 6.89. The molecule has 3 rings (SSSR count). The zero-order valence-corrected chi connectivity index (χ0v) is 19.6. The maximum Gasteiger partial charge on any atom is 0.240 e. The van der Waals surface area contributed by atoms with E-state index in [2.05, 4.69) is 29.6 Å². The average molecular weight is 455 g/mol. The van der Waals surface area contributed by atoms with Crippen molar-refractivity contribution in [2.45, 2.75) is 32.1 Å². The second-order valence-corrected chi connectivity index (χ2v) is 9.39. The normalized spacial score (nSPS) is 11.7. The maximum absolute atomic E-state index is 13.4. The van der Waals surface area contributed by atoms with Gasteiger partial charge in [0, 0.05) is 11.6 Å². The first-order valence-electron chi connectivity index (χ1n) is 10.2. The van der Waals surface area contributed by atoms with Gasteiger partial charge in [0.2, 0.25) is 5.91 Å². The Hall–Kier alpha value is -2.63. The van der Waals surface area contributed by atoms with Gasteiger partial charge in [0.1, 0.15) is 6.54 Å². The number of carbonyl (C=O) groups is 1. The molecule has 0 saturated carbocycles. The molecule has 0 aromatic heterocycles. The van der Waals surface area contributed by atoms with Crippen LogP contribution in [-0.4, -0.2) is 23.2 Å². The average Bonchev–Trinajstić information content (AvgIpc) is 2.76. The summed E-state index contributed by atoms with van der Waals surface area (Å²) in [7, 11) is -1.55. The van der Waals surface area contributed by atoms with Gasteiger partial charge in [0.15, 0.2) is 11.0 Å². The topological polar surface area (TPSA) is 49.4 Å². The fraction of sp³-hybridized carbons (Fsp3) is 0.240. The van der Waals surface area contributed by atoms with Crippen LogP contribution < -0.4 is 9.62 Å². The molecule has 0 radical (unpaired) electrons. The molecule has 31 heavy (non-hydrogen) atoms. The second-order valence-electron chi connectivity index (χ2n) is 7.57. The number of hydrogen-bond acceptors (Lipinski definition) is 2. The Morgan fingerprint density at radius 1 is 0.935 bits per heavy atom. The van der Waals surface area contributed by atoms with Gasteiger partial charge >= 0.3 is 0 Å². The molecular weight excluding hydrogens is 428 g/mol. The predicted molar refractivity (Wildman–Crippen MR) is 129 cm³/mol. The van der Waals surface area contributed by atoms with Crippen molar-refractivity contribution in [3.63, 3.8) is 0 Å². The number of nitrogens with one attached hydrogen (secondary N) is 1. The van der Waals surface area contributed by atoms with Gasteiger partial charge in [0.05, 0.1) is 10.6 Å². The molecule has 3 aromatic rings. The van der Waals surface area contributed by atoms with Crippen LogP contribution in [0.25, 0.3) is 0 Å². The predicted octanol–water partition coefficient (Wildman–Crippen LogP) is 5.15. The Morgan fingerprint density at radius 3 is 2.19 bits per heavy atom. The van der Waals surface area contributed by atoms with Crippen molar-refractivity contribution in [1.82, 2.24) is 5.32 Å². The summed E-state index contributed by atoms with van der Waals surface area (Å²) in [6.07, 6.45) is 0.739. The summed E-state index contributed by atoms with van der Waals surface area (Å²) >= 11 is 6.30. The fourth-order valence-corrected chi connectivity index (χ4v) is 4.57. The minimum Gasteiger partial charge on any atom is -0.354 e. The molecule has 1 N–H and O–H groups in total. The molecule has 0 bridgehead atoms. The number of nitrogens with zero attached hydrogens (tertiary/aromatic N) is 1. The maximum atomic E-state index is 13.4. The van der Waals surface area contributed by atoms with Crippen LogP contribution in [0.15, 0.2) is 71.6 Å². The quantitative estimate of drug-likeness (QED) is 0.511. The van der Waals surface area contributed by atoms with Gasteiger partial charge in [-0.05, 0) is 62.6 Å².